The molecule has 0 bridgehead atoms. The van der Waals surface area contributed by atoms with Gasteiger partial charge in [-0.25, -0.2) is 5.10 Å². The highest BCUT2D eigenvalue weighted by Crippen LogP contribution is 2.14. The minimum absolute atomic E-state index is 0.0313. The first kappa shape index (κ1) is 14.2. The van der Waals surface area contributed by atoms with Crippen LogP contribution >= 0.6 is 0 Å². The molecular weight excluding hydrogens is 258 g/mol. The molecule has 1 aromatic carbocycles. The minimum atomic E-state index is -0.310. The van der Waals surface area contributed by atoms with Gasteiger partial charge >= 0.3 is 0 Å². The van der Waals surface area contributed by atoms with E-state index < -0.39 is 0 Å². The molecule has 1 amide bonds. The Morgan fingerprint density at radius 2 is 2.05 bits per heavy atom. The molecule has 106 valence electrons. The van der Waals surface area contributed by atoms with E-state index in [1.54, 1.807) is 29.2 Å². The lowest BCUT2D eigenvalue weighted by Crippen LogP contribution is -2.33. The number of carbonyl (C=O) groups is 1. The summed E-state index contributed by atoms with van der Waals surface area (Å²) in [5.74, 6) is -0.242. The van der Waals surface area contributed by atoms with Crippen LogP contribution in [-0.2, 0) is 0 Å². The van der Waals surface area contributed by atoms with Gasteiger partial charge in [0.2, 0.25) is 0 Å². The standard InChI is InChI=1S/C14H17N3O3/c1-2-17(8-5-9-18)14(20)12-10-6-3-4-7-11(10)13(19)16-15-12/h3-4,6-7,18H,2,5,8-9H2,1H3,(H,16,19). The monoisotopic (exact) mass is 275 g/mol. The molecule has 2 aromatic rings. The lowest BCUT2D eigenvalue weighted by Gasteiger charge is -2.20. The first-order valence-corrected chi connectivity index (χ1v) is 6.56. The van der Waals surface area contributed by atoms with Crippen LogP contribution in [0.4, 0.5) is 0 Å². The van der Waals surface area contributed by atoms with Crippen LogP contribution in [0.5, 0.6) is 0 Å². The molecule has 0 atom stereocenters. The molecule has 0 saturated heterocycles. The molecule has 2 N–H and O–H groups in total. The van der Waals surface area contributed by atoms with Crippen LogP contribution in [0.25, 0.3) is 10.8 Å². The molecule has 0 aliphatic carbocycles. The van der Waals surface area contributed by atoms with E-state index in [1.165, 1.54) is 0 Å². The molecule has 6 heteroatoms. The fraction of sp³-hybridized carbons (Fsp3) is 0.357. The van der Waals surface area contributed by atoms with E-state index in [4.69, 9.17) is 5.11 Å². The Morgan fingerprint density at radius 3 is 2.70 bits per heavy atom. The van der Waals surface area contributed by atoms with Crippen molar-refractivity contribution in [1.82, 2.24) is 15.1 Å². The second-order valence-corrected chi connectivity index (χ2v) is 4.41. The van der Waals surface area contributed by atoms with Crippen LogP contribution in [0, 0.1) is 0 Å². The highest BCUT2D eigenvalue weighted by Gasteiger charge is 2.19. The quantitative estimate of drug-likeness (QED) is 0.843. The molecule has 20 heavy (non-hydrogen) atoms. The molecule has 0 fully saturated rings. The number of aromatic nitrogens is 2. The number of nitrogens with one attached hydrogen (secondary N) is 1. The van der Waals surface area contributed by atoms with Crippen molar-refractivity contribution < 1.29 is 9.90 Å². The van der Waals surface area contributed by atoms with Crippen LogP contribution in [0.3, 0.4) is 0 Å². The van der Waals surface area contributed by atoms with Gasteiger partial charge in [0.05, 0.1) is 5.39 Å². The molecule has 6 nitrogen and oxygen atoms in total. The third-order valence-electron chi connectivity index (χ3n) is 3.15. The van der Waals surface area contributed by atoms with Gasteiger partial charge in [-0.3, -0.25) is 9.59 Å². The van der Waals surface area contributed by atoms with Gasteiger partial charge in [-0.2, -0.15) is 5.10 Å². The second kappa shape index (κ2) is 6.29. The van der Waals surface area contributed by atoms with Crippen molar-refractivity contribution in [3.63, 3.8) is 0 Å². The predicted octanol–water partition coefficient (Wildman–Crippen LogP) is 0.768. The molecule has 2 rings (SSSR count). The van der Waals surface area contributed by atoms with Gasteiger partial charge in [0.1, 0.15) is 0 Å². The Morgan fingerprint density at radius 1 is 1.35 bits per heavy atom. The summed E-state index contributed by atoms with van der Waals surface area (Å²) >= 11 is 0. The number of carbonyl (C=O) groups excluding carboxylic acids is 1. The van der Waals surface area contributed by atoms with Gasteiger partial charge in [-0.05, 0) is 19.4 Å². The maximum Gasteiger partial charge on any atom is 0.274 e. The Balaban J connectivity index is 2.44. The van der Waals surface area contributed by atoms with Gasteiger partial charge in [0, 0.05) is 25.1 Å². The Hall–Kier alpha value is -2.21. The maximum absolute atomic E-state index is 12.5. The number of aliphatic hydroxyl groups is 1. The number of fused-ring (bicyclic) bond motifs is 1. The van der Waals surface area contributed by atoms with Crippen LogP contribution in [0.15, 0.2) is 29.1 Å². The summed E-state index contributed by atoms with van der Waals surface area (Å²) in [6.07, 6.45) is 0.515. The fourth-order valence-corrected chi connectivity index (χ4v) is 2.09. The van der Waals surface area contributed by atoms with Crippen molar-refractivity contribution >= 4 is 16.7 Å². The van der Waals surface area contributed by atoms with E-state index in [0.29, 0.717) is 30.3 Å². The summed E-state index contributed by atoms with van der Waals surface area (Å²) in [5, 5.41) is 16.1. The average Bonchev–Trinajstić information content (AvgIpc) is 2.48. The average molecular weight is 275 g/mol. The smallest absolute Gasteiger partial charge is 0.274 e. The number of aromatic amines is 1. The first-order chi connectivity index (χ1) is 9.69. The summed E-state index contributed by atoms with van der Waals surface area (Å²) in [6, 6.07) is 6.89. The third kappa shape index (κ3) is 2.70. The maximum atomic E-state index is 12.5. The van der Waals surface area contributed by atoms with Crippen molar-refractivity contribution in [3.8, 4) is 0 Å². The molecule has 0 unspecified atom stereocenters. The number of nitrogens with zero attached hydrogens (tertiary/aromatic N) is 2. The third-order valence-corrected chi connectivity index (χ3v) is 3.15. The zero-order valence-electron chi connectivity index (χ0n) is 11.3. The summed E-state index contributed by atoms with van der Waals surface area (Å²) in [6.45, 7) is 2.88. The summed E-state index contributed by atoms with van der Waals surface area (Å²) in [5.41, 5.74) is -0.0736. The summed E-state index contributed by atoms with van der Waals surface area (Å²) < 4.78 is 0. The Bertz CT molecular complexity index is 666. The Labute approximate surface area is 116 Å². The first-order valence-electron chi connectivity index (χ1n) is 6.56. The van der Waals surface area contributed by atoms with E-state index in [0.717, 1.165) is 0 Å². The number of hydrogen-bond acceptors (Lipinski definition) is 4. The number of benzene rings is 1. The van der Waals surface area contributed by atoms with Crippen LogP contribution in [-0.4, -0.2) is 45.8 Å². The van der Waals surface area contributed by atoms with Crippen molar-refractivity contribution in [2.75, 3.05) is 19.7 Å². The number of H-pyrrole nitrogens is 1. The molecule has 0 aliphatic heterocycles. The van der Waals surface area contributed by atoms with Gasteiger partial charge in [0.25, 0.3) is 11.5 Å². The van der Waals surface area contributed by atoms with Crippen molar-refractivity contribution in [2.24, 2.45) is 0 Å². The predicted molar refractivity (Wildman–Crippen MR) is 75.6 cm³/mol. The number of rotatable bonds is 5. The largest absolute Gasteiger partial charge is 0.396 e. The van der Waals surface area contributed by atoms with Gasteiger partial charge in [-0.1, -0.05) is 18.2 Å². The number of aliphatic hydroxyl groups excluding tert-OH is 1. The van der Waals surface area contributed by atoms with E-state index in [2.05, 4.69) is 10.2 Å². The molecule has 1 heterocycles. The summed E-state index contributed by atoms with van der Waals surface area (Å²) in [4.78, 5) is 25.8. The molecule has 0 aliphatic rings. The second-order valence-electron chi connectivity index (χ2n) is 4.41. The lowest BCUT2D eigenvalue weighted by atomic mass is 10.1. The zero-order valence-corrected chi connectivity index (χ0v) is 11.3. The normalized spacial score (nSPS) is 10.7. The van der Waals surface area contributed by atoms with E-state index in [1.807, 2.05) is 6.92 Å². The van der Waals surface area contributed by atoms with E-state index >= 15 is 0 Å². The fourth-order valence-electron chi connectivity index (χ4n) is 2.09. The van der Waals surface area contributed by atoms with Crippen molar-refractivity contribution in [3.05, 3.63) is 40.3 Å². The van der Waals surface area contributed by atoms with Gasteiger partial charge < -0.3 is 10.0 Å². The van der Waals surface area contributed by atoms with Crippen molar-refractivity contribution in [1.29, 1.82) is 0 Å². The number of amides is 1. The van der Waals surface area contributed by atoms with E-state index in [-0.39, 0.29) is 23.8 Å². The molecule has 1 aromatic heterocycles. The topological polar surface area (TPSA) is 86.3 Å². The minimum Gasteiger partial charge on any atom is -0.396 e. The SMILES string of the molecule is CCN(CCCO)C(=O)c1n[nH]c(=O)c2ccccc12. The highest BCUT2D eigenvalue weighted by atomic mass is 16.3. The van der Waals surface area contributed by atoms with Crippen LogP contribution in [0.2, 0.25) is 0 Å². The Kier molecular flexibility index (Phi) is 4.47. The van der Waals surface area contributed by atoms with Crippen LogP contribution < -0.4 is 5.56 Å². The van der Waals surface area contributed by atoms with E-state index in [9.17, 15) is 9.59 Å². The molecule has 0 saturated carbocycles. The highest BCUT2D eigenvalue weighted by molar-refractivity contribution is 6.04. The summed E-state index contributed by atoms with van der Waals surface area (Å²) in [7, 11) is 0. The molecule has 0 radical (unpaired) electrons. The van der Waals surface area contributed by atoms with Crippen molar-refractivity contribution in [2.45, 2.75) is 13.3 Å². The van der Waals surface area contributed by atoms with Gasteiger partial charge in [-0.15, -0.1) is 0 Å². The number of hydrogen-bond donors (Lipinski definition) is 2. The van der Waals surface area contributed by atoms with Gasteiger partial charge in [0.15, 0.2) is 5.69 Å². The molecular formula is C14H17N3O3. The molecule has 0 spiro atoms. The van der Waals surface area contributed by atoms with Crippen LogP contribution in [0.1, 0.15) is 23.8 Å². The zero-order chi connectivity index (χ0) is 14.5. The lowest BCUT2D eigenvalue weighted by molar-refractivity contribution is 0.0749.